The highest BCUT2D eigenvalue weighted by molar-refractivity contribution is 6.06. The predicted octanol–water partition coefficient (Wildman–Crippen LogP) is 6.20. The third-order valence-electron chi connectivity index (χ3n) is 6.07. The van der Waals surface area contributed by atoms with Crippen molar-refractivity contribution in [3.63, 3.8) is 0 Å². The second-order valence-corrected chi connectivity index (χ2v) is 11.1. The summed E-state index contributed by atoms with van der Waals surface area (Å²) in [5.41, 5.74) is 2.06. The number of carbonyl (C=O) groups excluding carboxylic acids is 1. The second kappa shape index (κ2) is 11.0. The van der Waals surface area contributed by atoms with E-state index in [0.717, 1.165) is 17.5 Å². The summed E-state index contributed by atoms with van der Waals surface area (Å²) in [7, 11) is 0. The molecule has 3 aromatic rings. The van der Waals surface area contributed by atoms with Gasteiger partial charge in [0.15, 0.2) is 0 Å². The van der Waals surface area contributed by atoms with Crippen LogP contribution in [0.25, 0.3) is 10.9 Å². The molecule has 0 bridgehead atoms. The largest absolute Gasteiger partial charge is 0.508 e. The smallest absolute Gasteiger partial charge is 0.306 e. The van der Waals surface area contributed by atoms with Crippen LogP contribution in [-0.4, -0.2) is 27.1 Å². The Bertz CT molecular complexity index is 1310. The monoisotopic (exact) mass is 494 g/mol. The molecule has 0 saturated heterocycles. The number of rotatable bonds is 4. The summed E-state index contributed by atoms with van der Waals surface area (Å²) in [6.45, 7) is 15.8. The third-order valence-corrected chi connectivity index (χ3v) is 6.07. The average Bonchev–Trinajstić information content (AvgIpc) is 2.77. The van der Waals surface area contributed by atoms with E-state index >= 15 is 0 Å². The Labute approximate surface area is 212 Å². The maximum Gasteiger partial charge on any atom is 0.306 e. The lowest BCUT2D eigenvalue weighted by Crippen LogP contribution is -2.25. The number of aromatic amines is 1. The van der Waals surface area contributed by atoms with Crippen LogP contribution in [0.15, 0.2) is 47.4 Å². The first kappa shape index (κ1) is 28.6. The van der Waals surface area contributed by atoms with Gasteiger partial charge in [0.05, 0.1) is 5.92 Å². The zero-order chi connectivity index (χ0) is 27.4. The van der Waals surface area contributed by atoms with Gasteiger partial charge in [0.2, 0.25) is 5.43 Å². The number of carbonyl (C=O) groups is 2. The van der Waals surface area contributed by atoms with Gasteiger partial charge >= 0.3 is 5.97 Å². The number of phenols is 1. The Kier molecular flexibility index (Phi) is 8.73. The lowest BCUT2D eigenvalue weighted by atomic mass is 9.79. The van der Waals surface area contributed by atoms with Gasteiger partial charge in [-0.15, -0.1) is 0 Å². The van der Waals surface area contributed by atoms with Crippen molar-refractivity contribution in [2.75, 3.05) is 5.32 Å². The van der Waals surface area contributed by atoms with Crippen LogP contribution in [-0.2, 0) is 15.6 Å². The lowest BCUT2D eigenvalue weighted by molar-refractivity contribution is -0.141. The first-order valence-corrected chi connectivity index (χ1v) is 12.1. The molecule has 0 saturated carbocycles. The molecule has 194 valence electrons. The fraction of sp³-hybridized carbons (Fsp3) is 0.414. The number of aliphatic carboxylic acids is 1. The highest BCUT2D eigenvalue weighted by atomic mass is 16.4. The number of phenolic OH excluding ortho intramolecular Hbond substituents is 1. The molecule has 0 aliphatic heterocycles. The zero-order valence-corrected chi connectivity index (χ0v) is 22.4. The van der Waals surface area contributed by atoms with Gasteiger partial charge in [0.1, 0.15) is 11.3 Å². The molecule has 4 N–H and O–H groups in total. The second-order valence-electron chi connectivity index (χ2n) is 11.1. The number of aromatic hydroxyl groups is 1. The van der Waals surface area contributed by atoms with Gasteiger partial charge < -0.3 is 20.5 Å². The molecule has 2 aromatic carbocycles. The van der Waals surface area contributed by atoms with Crippen molar-refractivity contribution in [1.29, 1.82) is 0 Å². The number of carboxylic acids is 1. The van der Waals surface area contributed by atoms with Crippen molar-refractivity contribution in [3.05, 3.63) is 69.5 Å². The molecule has 1 unspecified atom stereocenters. The standard InChI is InChI=1S/C24H28N2O3.C5H10O2/c1-23(2,3)16-11-17(24(4,5)6)20(27)12-19(16)26-22(29)15-13-25-18-10-8-7-9-14(18)21(15)28;1-3-4(2)5(6)7/h7-13,27H,1-6H3,(H,25,28)(H,26,29);4H,3H2,1-2H3,(H,6,7). The molecule has 0 fully saturated rings. The normalized spacial score (nSPS) is 12.4. The summed E-state index contributed by atoms with van der Waals surface area (Å²) in [5.74, 6) is -1.28. The quantitative estimate of drug-likeness (QED) is 0.344. The summed E-state index contributed by atoms with van der Waals surface area (Å²) in [5, 5.41) is 22.1. The van der Waals surface area contributed by atoms with Crippen LogP contribution in [0, 0.1) is 5.92 Å². The van der Waals surface area contributed by atoms with Crippen molar-refractivity contribution in [3.8, 4) is 5.75 Å². The van der Waals surface area contributed by atoms with E-state index in [1.807, 2.05) is 60.6 Å². The average molecular weight is 495 g/mol. The van der Waals surface area contributed by atoms with Crippen molar-refractivity contribution >= 4 is 28.5 Å². The minimum atomic E-state index is -0.706. The Morgan fingerprint density at radius 2 is 1.58 bits per heavy atom. The van der Waals surface area contributed by atoms with Crippen LogP contribution in [0.2, 0.25) is 0 Å². The van der Waals surface area contributed by atoms with E-state index in [1.165, 1.54) is 6.20 Å². The van der Waals surface area contributed by atoms with E-state index in [2.05, 4.69) is 10.3 Å². The Hall–Kier alpha value is -3.61. The minimum Gasteiger partial charge on any atom is -0.508 e. The molecule has 7 nitrogen and oxygen atoms in total. The molecule has 0 radical (unpaired) electrons. The summed E-state index contributed by atoms with van der Waals surface area (Å²) < 4.78 is 0. The number of fused-ring (bicyclic) bond motifs is 1. The van der Waals surface area contributed by atoms with Gasteiger partial charge in [0, 0.05) is 28.9 Å². The number of carboxylic acid groups (broad SMARTS) is 1. The zero-order valence-electron chi connectivity index (χ0n) is 22.4. The van der Waals surface area contributed by atoms with Gasteiger partial charge in [-0.2, -0.15) is 0 Å². The number of pyridine rings is 1. The van der Waals surface area contributed by atoms with Gasteiger partial charge in [-0.05, 0) is 46.6 Å². The molecule has 0 aliphatic rings. The Morgan fingerprint density at radius 3 is 2.08 bits per heavy atom. The van der Waals surface area contributed by atoms with Crippen molar-refractivity contribution < 1.29 is 19.8 Å². The lowest BCUT2D eigenvalue weighted by Gasteiger charge is -2.28. The van der Waals surface area contributed by atoms with E-state index in [1.54, 1.807) is 31.2 Å². The number of H-pyrrole nitrogens is 1. The van der Waals surface area contributed by atoms with Crippen LogP contribution < -0.4 is 10.7 Å². The number of hydrogen-bond acceptors (Lipinski definition) is 4. The van der Waals surface area contributed by atoms with Crippen LogP contribution in [0.3, 0.4) is 0 Å². The fourth-order valence-electron chi connectivity index (χ4n) is 3.61. The van der Waals surface area contributed by atoms with Crippen molar-refractivity contribution in [2.45, 2.75) is 72.6 Å². The summed E-state index contributed by atoms with van der Waals surface area (Å²) in [6.07, 6.45) is 2.15. The molecular weight excluding hydrogens is 456 g/mol. The van der Waals surface area contributed by atoms with Gasteiger partial charge in [-0.3, -0.25) is 14.4 Å². The highest BCUT2D eigenvalue weighted by Crippen LogP contribution is 2.39. The van der Waals surface area contributed by atoms with Crippen LogP contribution in [0.1, 0.15) is 83.3 Å². The first-order valence-electron chi connectivity index (χ1n) is 12.1. The van der Waals surface area contributed by atoms with E-state index in [0.29, 0.717) is 16.6 Å². The van der Waals surface area contributed by atoms with E-state index in [4.69, 9.17) is 5.11 Å². The predicted molar refractivity (Wildman–Crippen MR) is 145 cm³/mol. The molecule has 1 aromatic heterocycles. The van der Waals surface area contributed by atoms with Crippen molar-refractivity contribution in [1.82, 2.24) is 4.98 Å². The topological polar surface area (TPSA) is 119 Å². The summed E-state index contributed by atoms with van der Waals surface area (Å²) in [6, 6.07) is 10.6. The number of amides is 1. The van der Waals surface area contributed by atoms with Crippen LogP contribution in [0.4, 0.5) is 5.69 Å². The number of nitrogens with one attached hydrogen (secondary N) is 2. The number of hydrogen-bond donors (Lipinski definition) is 4. The van der Waals surface area contributed by atoms with Crippen molar-refractivity contribution in [2.24, 2.45) is 5.92 Å². The Morgan fingerprint density at radius 1 is 1.00 bits per heavy atom. The molecule has 1 heterocycles. The van der Waals surface area contributed by atoms with E-state index in [-0.39, 0.29) is 33.5 Å². The SMILES string of the molecule is CC(C)(C)c1cc(C(C)(C)C)c(NC(=O)c2c[nH]c3ccccc3c2=O)cc1O.CCC(C)C(=O)O. The van der Waals surface area contributed by atoms with E-state index < -0.39 is 11.9 Å². The molecule has 1 amide bonds. The number of benzene rings is 2. The molecule has 1 atom stereocenters. The number of anilines is 1. The van der Waals surface area contributed by atoms with Crippen LogP contribution in [0.5, 0.6) is 5.75 Å². The molecule has 3 rings (SSSR count). The molecule has 36 heavy (non-hydrogen) atoms. The summed E-state index contributed by atoms with van der Waals surface area (Å²) in [4.78, 5) is 38.6. The summed E-state index contributed by atoms with van der Waals surface area (Å²) >= 11 is 0. The first-order chi connectivity index (χ1) is 16.6. The van der Waals surface area contributed by atoms with Crippen LogP contribution >= 0.6 is 0 Å². The van der Waals surface area contributed by atoms with Gasteiger partial charge in [-0.1, -0.05) is 67.5 Å². The maximum absolute atomic E-state index is 12.9. The van der Waals surface area contributed by atoms with E-state index in [9.17, 15) is 19.5 Å². The third kappa shape index (κ3) is 6.74. The molecule has 0 aliphatic carbocycles. The minimum absolute atomic E-state index is 0.0305. The molecular formula is C29H38N2O5. The molecule has 0 spiro atoms. The van der Waals surface area contributed by atoms with Gasteiger partial charge in [0.25, 0.3) is 5.91 Å². The molecule has 7 heteroatoms. The fourth-order valence-corrected chi connectivity index (χ4v) is 3.61. The van der Waals surface area contributed by atoms with Gasteiger partial charge in [-0.25, -0.2) is 0 Å². The number of aromatic nitrogens is 1. The Balaban J connectivity index is 0.000000572. The maximum atomic E-state index is 12.9. The number of para-hydroxylation sites is 1. The highest BCUT2D eigenvalue weighted by Gasteiger charge is 2.26.